The third-order valence-corrected chi connectivity index (χ3v) is 6.50. The second-order valence-corrected chi connectivity index (χ2v) is 9.06. The van der Waals surface area contributed by atoms with E-state index in [1.807, 2.05) is 38.1 Å². The Morgan fingerprint density at radius 3 is 2.46 bits per heavy atom. The van der Waals surface area contributed by atoms with Crippen molar-refractivity contribution in [1.29, 1.82) is 0 Å². The molecule has 0 saturated carbocycles. The molecule has 0 radical (unpaired) electrons. The first-order valence-electron chi connectivity index (χ1n) is 9.11. The molecule has 6 nitrogen and oxygen atoms in total. The quantitative estimate of drug-likeness (QED) is 0.734. The van der Waals surface area contributed by atoms with Gasteiger partial charge in [0.15, 0.2) is 0 Å². The molecule has 2 aromatic rings. The number of hydrogen-bond donors (Lipinski definition) is 1. The van der Waals surface area contributed by atoms with E-state index in [-0.39, 0.29) is 23.3 Å². The van der Waals surface area contributed by atoms with Gasteiger partial charge in [0.05, 0.1) is 18.0 Å². The zero-order valence-corrected chi connectivity index (χ0v) is 17.8. The lowest BCUT2D eigenvalue weighted by molar-refractivity contribution is -0.121. The van der Waals surface area contributed by atoms with Crippen LogP contribution in [0.2, 0.25) is 0 Å². The maximum absolute atomic E-state index is 12.4. The van der Waals surface area contributed by atoms with Gasteiger partial charge in [0, 0.05) is 20.5 Å². The Kier molecular flexibility index (Phi) is 7.21. The number of rotatable bonds is 8. The first-order valence-corrected chi connectivity index (χ1v) is 10.5. The van der Waals surface area contributed by atoms with Crippen LogP contribution >= 0.6 is 0 Å². The number of carbonyl (C=O) groups is 1. The van der Waals surface area contributed by atoms with Crippen molar-refractivity contribution in [2.45, 2.75) is 37.6 Å². The van der Waals surface area contributed by atoms with Gasteiger partial charge in [0.25, 0.3) is 0 Å². The average molecular weight is 405 g/mol. The van der Waals surface area contributed by atoms with Crippen LogP contribution < -0.4 is 10.1 Å². The number of nitrogens with one attached hydrogen (secondary N) is 1. The zero-order chi connectivity index (χ0) is 20.9. The molecular weight excluding hydrogens is 376 g/mol. The molecule has 7 heteroatoms. The highest BCUT2D eigenvalue weighted by Crippen LogP contribution is 2.25. The third-order valence-electron chi connectivity index (χ3n) is 4.68. The fourth-order valence-corrected chi connectivity index (χ4v) is 3.99. The molecule has 28 heavy (non-hydrogen) atoms. The van der Waals surface area contributed by atoms with Gasteiger partial charge < -0.3 is 10.1 Å². The Morgan fingerprint density at radius 2 is 1.86 bits per heavy atom. The van der Waals surface area contributed by atoms with Gasteiger partial charge in [-0.05, 0) is 55.2 Å². The number of nitrogens with zero attached hydrogens (tertiary/aromatic N) is 1. The molecule has 1 N–H and O–H groups in total. The lowest BCUT2D eigenvalue weighted by Gasteiger charge is -2.17. The van der Waals surface area contributed by atoms with Crippen molar-refractivity contribution in [3.63, 3.8) is 0 Å². The number of ether oxygens (including phenoxy) is 1. The minimum atomic E-state index is -3.55. The van der Waals surface area contributed by atoms with Crippen molar-refractivity contribution in [1.82, 2.24) is 9.62 Å². The van der Waals surface area contributed by atoms with Gasteiger partial charge in [0.2, 0.25) is 15.9 Å². The van der Waals surface area contributed by atoms with Crippen molar-refractivity contribution in [2.24, 2.45) is 0 Å². The maximum atomic E-state index is 12.4. The first-order chi connectivity index (χ1) is 13.2. The van der Waals surface area contributed by atoms with Crippen molar-refractivity contribution >= 4 is 15.9 Å². The van der Waals surface area contributed by atoms with E-state index < -0.39 is 10.0 Å². The summed E-state index contributed by atoms with van der Waals surface area (Å²) in [7, 11) is 0.953. The summed E-state index contributed by atoms with van der Waals surface area (Å²) in [6.07, 6.45) is 0.615. The first kappa shape index (κ1) is 21.9. The van der Waals surface area contributed by atoms with Crippen LogP contribution in [0.25, 0.3) is 0 Å². The number of carbonyl (C=O) groups excluding carboxylic acids is 1. The number of sulfonamides is 1. The van der Waals surface area contributed by atoms with E-state index in [0.29, 0.717) is 17.7 Å². The molecule has 0 bridgehead atoms. The van der Waals surface area contributed by atoms with E-state index in [2.05, 4.69) is 5.32 Å². The Morgan fingerprint density at radius 1 is 1.18 bits per heavy atom. The molecule has 0 aromatic heterocycles. The molecule has 1 amide bonds. The van der Waals surface area contributed by atoms with E-state index >= 15 is 0 Å². The highest BCUT2D eigenvalue weighted by molar-refractivity contribution is 7.89. The van der Waals surface area contributed by atoms with Crippen molar-refractivity contribution < 1.29 is 17.9 Å². The van der Waals surface area contributed by atoms with Crippen LogP contribution in [-0.2, 0) is 21.2 Å². The summed E-state index contributed by atoms with van der Waals surface area (Å²) in [5.41, 5.74) is 2.88. The van der Waals surface area contributed by atoms with Crippen LogP contribution in [0.15, 0.2) is 47.4 Å². The third kappa shape index (κ3) is 5.11. The second-order valence-electron chi connectivity index (χ2n) is 6.91. The second kappa shape index (κ2) is 9.21. The molecular formula is C21H28N2O4S. The van der Waals surface area contributed by atoms with Gasteiger partial charge in [-0.1, -0.05) is 24.3 Å². The maximum Gasteiger partial charge on any atom is 0.242 e. The van der Waals surface area contributed by atoms with Crippen molar-refractivity contribution in [3.05, 3.63) is 59.2 Å². The average Bonchev–Trinajstić information content (AvgIpc) is 2.66. The molecule has 2 aromatic carbocycles. The number of methoxy groups -OCH3 is 1. The summed E-state index contributed by atoms with van der Waals surface area (Å²) in [5.74, 6) is 0.469. The Bertz CT molecular complexity index is 939. The zero-order valence-electron chi connectivity index (χ0n) is 17.0. The van der Waals surface area contributed by atoms with E-state index in [4.69, 9.17) is 4.74 Å². The van der Waals surface area contributed by atoms with E-state index in [9.17, 15) is 13.2 Å². The van der Waals surface area contributed by atoms with Gasteiger partial charge >= 0.3 is 0 Å². The fourth-order valence-electron chi connectivity index (χ4n) is 3.03. The summed E-state index contributed by atoms with van der Waals surface area (Å²) in [6, 6.07) is 12.5. The van der Waals surface area contributed by atoms with E-state index in [1.54, 1.807) is 12.1 Å². The molecule has 0 aliphatic heterocycles. The highest BCUT2D eigenvalue weighted by atomic mass is 32.2. The number of hydrogen-bond acceptors (Lipinski definition) is 4. The minimum Gasteiger partial charge on any atom is -0.496 e. The van der Waals surface area contributed by atoms with E-state index in [1.165, 1.54) is 27.3 Å². The fraction of sp³-hybridized carbons (Fsp3) is 0.381. The van der Waals surface area contributed by atoms with Gasteiger partial charge in [-0.15, -0.1) is 0 Å². The lowest BCUT2D eigenvalue weighted by atomic mass is 10.0. The molecule has 0 saturated heterocycles. The van der Waals surface area contributed by atoms with Crippen LogP contribution in [0, 0.1) is 6.92 Å². The predicted octanol–water partition coefficient (Wildman–Crippen LogP) is 3.06. The van der Waals surface area contributed by atoms with Crippen LogP contribution in [-0.4, -0.2) is 39.8 Å². The Balaban J connectivity index is 2.10. The standard InChI is InChI=1S/C21H28N2O4S/c1-15-8-6-7-9-19(15)16(2)22-21(24)13-10-17-14-18(11-12-20(17)27-5)28(25,26)23(3)4/h6-9,11-12,14,16H,10,13H2,1-5H3,(H,22,24)/t16-/m1/s1. The molecule has 0 spiro atoms. The van der Waals surface area contributed by atoms with Crippen LogP contribution in [0.5, 0.6) is 5.75 Å². The number of benzene rings is 2. The largest absolute Gasteiger partial charge is 0.496 e. The van der Waals surface area contributed by atoms with Crippen LogP contribution in [0.3, 0.4) is 0 Å². The molecule has 152 valence electrons. The summed E-state index contributed by atoms with van der Waals surface area (Å²) in [6.45, 7) is 3.96. The number of amides is 1. The molecule has 0 fully saturated rings. The Labute approximate surface area is 167 Å². The summed E-state index contributed by atoms with van der Waals surface area (Å²) >= 11 is 0. The van der Waals surface area contributed by atoms with Gasteiger partial charge in [-0.2, -0.15) is 0 Å². The molecule has 1 atom stereocenters. The monoisotopic (exact) mass is 404 g/mol. The normalized spacial score (nSPS) is 12.6. The smallest absolute Gasteiger partial charge is 0.242 e. The topological polar surface area (TPSA) is 75.7 Å². The van der Waals surface area contributed by atoms with Crippen LogP contribution in [0.1, 0.15) is 36.1 Å². The number of aryl methyl sites for hydroxylation is 2. The highest BCUT2D eigenvalue weighted by Gasteiger charge is 2.19. The lowest BCUT2D eigenvalue weighted by Crippen LogP contribution is -2.27. The molecule has 0 unspecified atom stereocenters. The van der Waals surface area contributed by atoms with Crippen molar-refractivity contribution in [2.75, 3.05) is 21.2 Å². The predicted molar refractivity (Wildman–Crippen MR) is 110 cm³/mol. The van der Waals surface area contributed by atoms with Gasteiger partial charge in [0.1, 0.15) is 5.75 Å². The summed E-state index contributed by atoms with van der Waals surface area (Å²) < 4.78 is 31.2. The minimum absolute atomic E-state index is 0.0984. The van der Waals surface area contributed by atoms with Gasteiger partial charge in [-0.3, -0.25) is 4.79 Å². The SMILES string of the molecule is COc1ccc(S(=O)(=O)N(C)C)cc1CCC(=O)N[C@H](C)c1ccccc1C. The summed E-state index contributed by atoms with van der Waals surface area (Å²) in [4.78, 5) is 12.6. The molecule has 0 heterocycles. The van der Waals surface area contributed by atoms with Gasteiger partial charge in [-0.25, -0.2) is 12.7 Å². The Hall–Kier alpha value is -2.38. The summed E-state index contributed by atoms with van der Waals surface area (Å²) in [5, 5.41) is 3.00. The molecule has 2 rings (SSSR count). The van der Waals surface area contributed by atoms with Crippen LogP contribution in [0.4, 0.5) is 0 Å². The van der Waals surface area contributed by atoms with Crippen molar-refractivity contribution in [3.8, 4) is 5.75 Å². The van der Waals surface area contributed by atoms with E-state index in [0.717, 1.165) is 15.4 Å². The molecule has 0 aliphatic rings. The molecule has 0 aliphatic carbocycles.